The molecule has 0 radical (unpaired) electrons. The maximum absolute atomic E-state index is 12.7. The van der Waals surface area contributed by atoms with Crippen LogP contribution in [-0.4, -0.2) is 28.4 Å². The minimum absolute atomic E-state index is 0.135. The van der Waals surface area contributed by atoms with Gasteiger partial charge in [-0.15, -0.1) is 0 Å². The number of hydrogen-bond donors (Lipinski definition) is 2. The highest BCUT2D eigenvalue weighted by atomic mass is 19.3. The third kappa shape index (κ3) is 4.25. The van der Waals surface area contributed by atoms with E-state index < -0.39 is 12.4 Å². The summed E-state index contributed by atoms with van der Waals surface area (Å²) in [6.45, 7) is -1.24. The number of nitrogens with one attached hydrogen (secondary N) is 2. The van der Waals surface area contributed by atoms with Crippen LogP contribution >= 0.6 is 0 Å². The van der Waals surface area contributed by atoms with Gasteiger partial charge < -0.3 is 19.2 Å². The Kier molecular flexibility index (Phi) is 5.39. The lowest BCUT2D eigenvalue weighted by molar-refractivity contribution is -0.0511. The molecule has 0 saturated heterocycles. The van der Waals surface area contributed by atoms with Crippen molar-refractivity contribution in [1.29, 1.82) is 0 Å². The van der Waals surface area contributed by atoms with Crippen LogP contribution in [0.5, 0.6) is 11.5 Å². The van der Waals surface area contributed by atoms with Gasteiger partial charge in [-0.3, -0.25) is 5.43 Å². The van der Waals surface area contributed by atoms with Crippen LogP contribution in [0.25, 0.3) is 11.1 Å². The Bertz CT molecular complexity index is 1290. The van der Waals surface area contributed by atoms with Gasteiger partial charge in [-0.05, 0) is 31.2 Å². The first-order valence-electron chi connectivity index (χ1n) is 9.05. The zero-order valence-corrected chi connectivity index (χ0v) is 16.4. The average molecular weight is 429 g/mol. The summed E-state index contributed by atoms with van der Waals surface area (Å²) >= 11 is 0. The molecular weight excluding hydrogens is 412 g/mol. The molecule has 0 bridgehead atoms. The lowest BCUT2D eigenvalue weighted by Crippen LogP contribution is -2.23. The second-order valence-corrected chi connectivity index (χ2v) is 6.38. The molecular formula is C20H17F2N5O4. The summed E-state index contributed by atoms with van der Waals surface area (Å²) in [6, 6.07) is 11.4. The van der Waals surface area contributed by atoms with Gasteiger partial charge in [0.15, 0.2) is 22.9 Å². The van der Waals surface area contributed by atoms with Gasteiger partial charge in [0.2, 0.25) is 5.95 Å². The Morgan fingerprint density at radius 3 is 2.74 bits per heavy atom. The molecule has 0 atom stereocenters. The number of benzene rings is 2. The smallest absolute Gasteiger partial charge is 0.439 e. The van der Waals surface area contributed by atoms with Crippen molar-refractivity contribution in [1.82, 2.24) is 14.6 Å². The minimum Gasteiger partial charge on any atom is -0.493 e. The highest BCUT2D eigenvalue weighted by Gasteiger charge is 2.14. The van der Waals surface area contributed by atoms with Gasteiger partial charge in [-0.25, -0.2) is 9.78 Å². The number of oxazole rings is 1. The zero-order chi connectivity index (χ0) is 22.0. The zero-order valence-electron chi connectivity index (χ0n) is 16.4. The van der Waals surface area contributed by atoms with Crippen LogP contribution in [0.1, 0.15) is 5.56 Å². The van der Waals surface area contributed by atoms with Gasteiger partial charge in [0.05, 0.1) is 7.11 Å². The van der Waals surface area contributed by atoms with Crippen molar-refractivity contribution in [3.8, 4) is 11.5 Å². The van der Waals surface area contributed by atoms with Gasteiger partial charge in [-0.1, -0.05) is 12.1 Å². The number of aryl methyl sites for hydroxylation is 1. The number of hydrogen-bond acceptors (Lipinski definition) is 8. The highest BCUT2D eigenvalue weighted by Crippen LogP contribution is 2.32. The summed E-state index contributed by atoms with van der Waals surface area (Å²) in [4.78, 5) is 20.8. The molecule has 2 heterocycles. The van der Waals surface area contributed by atoms with Crippen molar-refractivity contribution in [3.05, 3.63) is 64.8 Å². The molecule has 0 fully saturated rings. The number of nitrogens with zero attached hydrogens (tertiary/aromatic N) is 3. The molecule has 0 unspecified atom stereocenters. The number of halogens is 2. The molecule has 31 heavy (non-hydrogen) atoms. The Morgan fingerprint density at radius 1 is 1.16 bits per heavy atom. The number of methoxy groups -OCH3 is 1. The summed E-state index contributed by atoms with van der Waals surface area (Å²) in [7, 11) is 1.35. The fourth-order valence-corrected chi connectivity index (χ4v) is 2.87. The van der Waals surface area contributed by atoms with Crippen molar-refractivity contribution < 1.29 is 22.7 Å². The summed E-state index contributed by atoms with van der Waals surface area (Å²) in [5, 5.41) is 2.91. The van der Waals surface area contributed by atoms with Crippen LogP contribution in [0.2, 0.25) is 0 Å². The van der Waals surface area contributed by atoms with Crippen molar-refractivity contribution in [3.63, 3.8) is 0 Å². The topological polar surface area (TPSA) is 103 Å². The summed E-state index contributed by atoms with van der Waals surface area (Å²) in [5.74, 6) is -0.0582. The van der Waals surface area contributed by atoms with Gasteiger partial charge in [0, 0.05) is 23.5 Å². The van der Waals surface area contributed by atoms with Crippen LogP contribution in [0.3, 0.4) is 0 Å². The number of ether oxygens (including phenoxy) is 2. The summed E-state index contributed by atoms with van der Waals surface area (Å²) in [6.07, 6.45) is 1.55. The Balaban J connectivity index is 1.63. The largest absolute Gasteiger partial charge is 0.493 e. The van der Waals surface area contributed by atoms with E-state index in [9.17, 15) is 13.6 Å². The van der Waals surface area contributed by atoms with E-state index >= 15 is 0 Å². The lowest BCUT2D eigenvalue weighted by atomic mass is 10.2. The average Bonchev–Trinajstić information content (AvgIpc) is 3.05. The first-order valence-corrected chi connectivity index (χ1v) is 9.05. The van der Waals surface area contributed by atoms with Crippen LogP contribution in [-0.2, 0) is 0 Å². The molecule has 9 nitrogen and oxygen atoms in total. The van der Waals surface area contributed by atoms with Crippen molar-refractivity contribution in [2.75, 3.05) is 17.9 Å². The Morgan fingerprint density at radius 2 is 1.97 bits per heavy atom. The van der Waals surface area contributed by atoms with Crippen LogP contribution in [0.4, 0.5) is 26.2 Å². The number of aromatic nitrogens is 3. The maximum Gasteiger partial charge on any atom is 0.439 e. The third-order valence-corrected chi connectivity index (χ3v) is 4.31. The fourth-order valence-electron chi connectivity index (χ4n) is 2.87. The molecule has 160 valence electrons. The number of anilines is 3. The third-order valence-electron chi connectivity index (χ3n) is 4.31. The molecule has 4 rings (SSSR count). The van der Waals surface area contributed by atoms with Gasteiger partial charge >= 0.3 is 12.4 Å². The molecule has 2 N–H and O–H groups in total. The van der Waals surface area contributed by atoms with Crippen molar-refractivity contribution >= 4 is 28.6 Å². The van der Waals surface area contributed by atoms with E-state index in [4.69, 9.17) is 9.15 Å². The molecule has 0 spiro atoms. The van der Waals surface area contributed by atoms with Gasteiger partial charge in [-0.2, -0.15) is 18.4 Å². The predicted molar refractivity (Wildman–Crippen MR) is 109 cm³/mol. The second kappa shape index (κ2) is 8.30. The SMILES string of the molecule is COc1ccc(Nc2ncc(C)c(Nn3c(=O)oc4ccccc43)n2)cc1OC(F)F. The maximum atomic E-state index is 12.7. The molecule has 2 aromatic heterocycles. The first-order chi connectivity index (χ1) is 14.9. The first kappa shape index (κ1) is 20.1. The second-order valence-electron chi connectivity index (χ2n) is 6.38. The van der Waals surface area contributed by atoms with Crippen LogP contribution < -0.4 is 26.0 Å². The summed E-state index contributed by atoms with van der Waals surface area (Å²) < 4.78 is 41.2. The van der Waals surface area contributed by atoms with E-state index in [1.807, 2.05) is 0 Å². The monoisotopic (exact) mass is 429 g/mol. The molecule has 0 aliphatic rings. The number of rotatable bonds is 7. The molecule has 2 aromatic carbocycles. The molecule has 0 aliphatic carbocycles. The van der Waals surface area contributed by atoms with E-state index in [1.165, 1.54) is 23.9 Å². The molecule has 11 heteroatoms. The molecule has 0 amide bonds. The van der Waals surface area contributed by atoms with E-state index in [0.29, 0.717) is 28.2 Å². The number of para-hydroxylation sites is 2. The van der Waals surface area contributed by atoms with E-state index in [1.54, 1.807) is 43.5 Å². The Hall–Kier alpha value is -4.15. The van der Waals surface area contributed by atoms with Gasteiger partial charge in [0.25, 0.3) is 0 Å². The van der Waals surface area contributed by atoms with Crippen LogP contribution in [0.15, 0.2) is 57.9 Å². The van der Waals surface area contributed by atoms with Crippen molar-refractivity contribution in [2.24, 2.45) is 0 Å². The molecule has 4 aromatic rings. The Labute approximate surface area is 174 Å². The standard InChI is InChI=1S/C20H17F2N5O4/c1-11-10-23-19(24-12-7-8-15(29-2)16(9-12)30-18(21)22)25-17(11)26-27-13-5-3-4-6-14(13)31-20(27)28/h3-10,18H,1-2H3,(H2,23,24,25,26). The van der Waals surface area contributed by atoms with E-state index in [-0.39, 0.29) is 17.4 Å². The van der Waals surface area contributed by atoms with E-state index in [0.717, 1.165) is 0 Å². The normalized spacial score (nSPS) is 11.0. The fraction of sp³-hybridized carbons (Fsp3) is 0.150. The molecule has 0 saturated carbocycles. The van der Waals surface area contributed by atoms with E-state index in [2.05, 4.69) is 25.4 Å². The van der Waals surface area contributed by atoms with Crippen LogP contribution in [0, 0.1) is 6.92 Å². The minimum atomic E-state index is -3.00. The highest BCUT2D eigenvalue weighted by molar-refractivity contribution is 5.73. The number of alkyl halides is 2. The summed E-state index contributed by atoms with van der Waals surface area (Å²) in [5.41, 5.74) is 4.96. The lowest BCUT2D eigenvalue weighted by Gasteiger charge is -2.13. The van der Waals surface area contributed by atoms with Crippen molar-refractivity contribution in [2.45, 2.75) is 13.5 Å². The quantitative estimate of drug-likeness (QED) is 0.456. The number of fused-ring (bicyclic) bond motifs is 1. The van der Waals surface area contributed by atoms with Gasteiger partial charge in [0.1, 0.15) is 5.52 Å². The predicted octanol–water partition coefficient (Wildman–Crippen LogP) is 3.92. The molecule has 0 aliphatic heterocycles.